The van der Waals surface area contributed by atoms with E-state index >= 15 is 0 Å². The lowest BCUT2D eigenvalue weighted by Crippen LogP contribution is -2.16. The van der Waals surface area contributed by atoms with Gasteiger partial charge in [-0.1, -0.05) is 6.92 Å². The molecule has 2 unspecified atom stereocenters. The minimum atomic E-state index is -5.46. The highest BCUT2D eigenvalue weighted by molar-refractivity contribution is 7.66. The molecule has 0 aliphatic carbocycles. The van der Waals surface area contributed by atoms with Crippen LogP contribution in [-0.2, 0) is 31.6 Å². The molecule has 4 atom stereocenters. The van der Waals surface area contributed by atoms with E-state index in [0.717, 1.165) is 12.8 Å². The first-order valence-electron chi connectivity index (χ1n) is 5.86. The standard InChI is InChI=1S/C7H17O11P3/c1-2-6-3-4-7(16-6)5-15-20(11,12)18-21(13,14)17-19(8,9)10/h6-7H,2-5H2,1H3,(H,11,12)(H,13,14)(H2,8,9,10)/t6-,7-/m0/s1. The molecule has 0 spiro atoms. The fourth-order valence-corrected chi connectivity index (χ4v) is 4.73. The third-order valence-electron chi connectivity index (χ3n) is 2.49. The number of phosphoric ester groups is 1. The Morgan fingerprint density at radius 2 is 1.57 bits per heavy atom. The SMILES string of the molecule is CC[C@H]1CC[C@@H](COP(=O)(O)OP(=O)(O)OP(=O)(O)O)O1. The third-order valence-corrected chi connectivity index (χ3v) is 6.29. The van der Waals surface area contributed by atoms with E-state index in [4.69, 9.17) is 19.4 Å². The summed E-state index contributed by atoms with van der Waals surface area (Å²) in [7, 11) is -15.9. The highest BCUT2D eigenvalue weighted by atomic mass is 31.3. The van der Waals surface area contributed by atoms with E-state index < -0.39 is 29.6 Å². The van der Waals surface area contributed by atoms with Gasteiger partial charge in [-0.25, -0.2) is 13.7 Å². The summed E-state index contributed by atoms with van der Waals surface area (Å²) < 4.78 is 49.9. The number of ether oxygens (including phenoxy) is 1. The molecule has 11 nitrogen and oxygen atoms in total. The summed E-state index contributed by atoms with van der Waals surface area (Å²) in [4.78, 5) is 34.9. The largest absolute Gasteiger partial charge is 0.490 e. The summed E-state index contributed by atoms with van der Waals surface area (Å²) in [5.41, 5.74) is 0. The molecular formula is C7H17O11P3. The Kier molecular flexibility index (Phi) is 6.74. The molecular weight excluding hydrogens is 353 g/mol. The van der Waals surface area contributed by atoms with Gasteiger partial charge in [0, 0.05) is 0 Å². The highest BCUT2D eigenvalue weighted by Gasteiger charge is 2.41. The van der Waals surface area contributed by atoms with Gasteiger partial charge in [0.15, 0.2) is 0 Å². The van der Waals surface area contributed by atoms with E-state index in [-0.39, 0.29) is 12.7 Å². The van der Waals surface area contributed by atoms with Crippen LogP contribution in [0.15, 0.2) is 0 Å². The lowest BCUT2D eigenvalue weighted by molar-refractivity contribution is 0.00968. The second kappa shape index (κ2) is 7.29. The van der Waals surface area contributed by atoms with Gasteiger partial charge in [0.2, 0.25) is 0 Å². The lowest BCUT2D eigenvalue weighted by Gasteiger charge is -2.18. The minimum Gasteiger partial charge on any atom is -0.373 e. The molecule has 4 N–H and O–H groups in total. The van der Waals surface area contributed by atoms with E-state index in [9.17, 15) is 18.6 Å². The number of hydrogen-bond donors (Lipinski definition) is 4. The Labute approximate surface area is 120 Å². The van der Waals surface area contributed by atoms with Crippen LogP contribution < -0.4 is 0 Å². The van der Waals surface area contributed by atoms with Crippen molar-refractivity contribution in [2.24, 2.45) is 0 Å². The number of phosphoric acid groups is 3. The average Bonchev–Trinajstić information content (AvgIpc) is 2.69. The van der Waals surface area contributed by atoms with Crippen LogP contribution in [0.4, 0.5) is 0 Å². The Hall–Kier alpha value is 0.370. The maximum atomic E-state index is 11.4. The molecule has 1 rings (SSSR count). The van der Waals surface area contributed by atoms with Gasteiger partial charge in [-0.15, -0.1) is 0 Å². The zero-order valence-electron chi connectivity index (χ0n) is 11.0. The number of hydrogen-bond acceptors (Lipinski definition) is 7. The first-order chi connectivity index (χ1) is 9.42. The zero-order valence-corrected chi connectivity index (χ0v) is 13.7. The van der Waals surface area contributed by atoms with Crippen molar-refractivity contribution < 1.29 is 51.2 Å². The fourth-order valence-electron chi connectivity index (χ4n) is 1.68. The molecule has 0 amide bonds. The van der Waals surface area contributed by atoms with Gasteiger partial charge < -0.3 is 24.3 Å². The Morgan fingerprint density at radius 1 is 1.00 bits per heavy atom. The van der Waals surface area contributed by atoms with Crippen molar-refractivity contribution in [3.63, 3.8) is 0 Å². The van der Waals surface area contributed by atoms with Crippen molar-refractivity contribution in [2.45, 2.75) is 38.4 Å². The minimum absolute atomic E-state index is 0.0135. The molecule has 0 radical (unpaired) electrons. The van der Waals surface area contributed by atoms with Crippen molar-refractivity contribution in [3.05, 3.63) is 0 Å². The molecule has 1 aliphatic rings. The molecule has 0 aromatic carbocycles. The second-order valence-electron chi connectivity index (χ2n) is 4.25. The first kappa shape index (κ1) is 19.4. The predicted molar refractivity (Wildman–Crippen MR) is 68.0 cm³/mol. The van der Waals surface area contributed by atoms with Crippen LogP contribution in [0, 0.1) is 0 Å². The molecule has 0 aromatic heterocycles. The molecule has 0 aromatic rings. The number of rotatable bonds is 8. The highest BCUT2D eigenvalue weighted by Crippen LogP contribution is 2.66. The van der Waals surface area contributed by atoms with Gasteiger partial charge in [-0.05, 0) is 19.3 Å². The fraction of sp³-hybridized carbons (Fsp3) is 1.00. The maximum Gasteiger partial charge on any atom is 0.490 e. The van der Waals surface area contributed by atoms with Gasteiger partial charge in [0.05, 0.1) is 18.8 Å². The summed E-state index contributed by atoms with van der Waals surface area (Å²) in [6.45, 7) is 1.54. The molecule has 21 heavy (non-hydrogen) atoms. The van der Waals surface area contributed by atoms with E-state index in [0.29, 0.717) is 6.42 Å². The first-order valence-corrected chi connectivity index (χ1v) is 10.4. The van der Waals surface area contributed by atoms with Crippen LogP contribution in [0.1, 0.15) is 26.2 Å². The van der Waals surface area contributed by atoms with Crippen LogP contribution in [0.3, 0.4) is 0 Å². The van der Waals surface area contributed by atoms with E-state index in [2.05, 4.69) is 13.1 Å². The third kappa shape index (κ3) is 7.97. The summed E-state index contributed by atoms with van der Waals surface area (Å²) in [5.74, 6) is 0. The van der Waals surface area contributed by atoms with Gasteiger partial charge in [-0.3, -0.25) is 4.52 Å². The van der Waals surface area contributed by atoms with Crippen LogP contribution >= 0.6 is 23.5 Å². The van der Waals surface area contributed by atoms with E-state index in [1.807, 2.05) is 6.92 Å². The Balaban J connectivity index is 2.48. The summed E-state index contributed by atoms with van der Waals surface area (Å²) in [5, 5.41) is 0. The van der Waals surface area contributed by atoms with Crippen LogP contribution in [0.25, 0.3) is 0 Å². The Bertz CT molecular complexity index is 486. The van der Waals surface area contributed by atoms with Gasteiger partial charge in [-0.2, -0.15) is 8.62 Å². The predicted octanol–water partition coefficient (Wildman–Crippen LogP) is 1.29. The molecule has 1 saturated heterocycles. The van der Waals surface area contributed by atoms with Crippen LogP contribution in [0.5, 0.6) is 0 Å². The van der Waals surface area contributed by atoms with Crippen molar-refractivity contribution >= 4 is 23.5 Å². The molecule has 14 heteroatoms. The zero-order chi connectivity index (χ0) is 16.3. The summed E-state index contributed by atoms with van der Waals surface area (Å²) in [6.07, 6.45) is 1.64. The summed E-state index contributed by atoms with van der Waals surface area (Å²) in [6, 6.07) is 0. The monoisotopic (exact) mass is 370 g/mol. The Morgan fingerprint density at radius 3 is 2.05 bits per heavy atom. The molecule has 126 valence electrons. The van der Waals surface area contributed by atoms with Crippen molar-refractivity contribution in [1.29, 1.82) is 0 Å². The average molecular weight is 370 g/mol. The van der Waals surface area contributed by atoms with Gasteiger partial charge in [0.25, 0.3) is 0 Å². The topological polar surface area (TPSA) is 169 Å². The van der Waals surface area contributed by atoms with Gasteiger partial charge in [0.1, 0.15) is 0 Å². The van der Waals surface area contributed by atoms with Crippen LogP contribution in [-0.4, -0.2) is 38.4 Å². The molecule has 1 heterocycles. The summed E-state index contributed by atoms with van der Waals surface area (Å²) >= 11 is 0. The molecule has 0 bridgehead atoms. The van der Waals surface area contributed by atoms with E-state index in [1.54, 1.807) is 0 Å². The van der Waals surface area contributed by atoms with Crippen molar-refractivity contribution in [2.75, 3.05) is 6.61 Å². The van der Waals surface area contributed by atoms with Gasteiger partial charge >= 0.3 is 23.5 Å². The lowest BCUT2D eigenvalue weighted by atomic mass is 10.2. The van der Waals surface area contributed by atoms with Crippen molar-refractivity contribution in [1.82, 2.24) is 0 Å². The molecule has 0 saturated carbocycles. The normalized spacial score (nSPS) is 29.0. The smallest absolute Gasteiger partial charge is 0.373 e. The van der Waals surface area contributed by atoms with E-state index in [1.165, 1.54) is 0 Å². The second-order valence-corrected chi connectivity index (χ2v) is 8.67. The maximum absolute atomic E-state index is 11.4. The van der Waals surface area contributed by atoms with Crippen LogP contribution in [0.2, 0.25) is 0 Å². The molecule has 1 fully saturated rings. The molecule has 1 aliphatic heterocycles. The van der Waals surface area contributed by atoms with Crippen molar-refractivity contribution in [3.8, 4) is 0 Å². The quantitative estimate of drug-likeness (QED) is 0.454.